The number of aromatic nitrogens is 4. The normalized spacial score (nSPS) is 11.2. The molecule has 2 aromatic carbocycles. The number of fused-ring (bicyclic) bond motifs is 1. The van der Waals surface area contributed by atoms with E-state index in [0.29, 0.717) is 24.1 Å². The minimum Gasteiger partial charge on any atom is -0.497 e. The van der Waals surface area contributed by atoms with Crippen LogP contribution in [0.2, 0.25) is 0 Å². The fraction of sp³-hybridized carbons (Fsp3) is 0.250. The Balaban J connectivity index is 1.29. The first kappa shape index (κ1) is 18.4. The Morgan fingerprint density at radius 3 is 2.79 bits per heavy atom. The van der Waals surface area contributed by atoms with Crippen LogP contribution in [0.5, 0.6) is 5.75 Å². The topological polar surface area (TPSA) is 85.9 Å². The highest BCUT2D eigenvalue weighted by Gasteiger charge is 2.09. The number of nitrogens with one attached hydrogen (secondary N) is 1. The first-order valence-corrected chi connectivity index (χ1v) is 9.97. The van der Waals surface area contributed by atoms with E-state index in [1.807, 2.05) is 48.5 Å². The summed E-state index contributed by atoms with van der Waals surface area (Å²) in [6.07, 6.45) is 1.41. The quantitative estimate of drug-likeness (QED) is 0.362. The van der Waals surface area contributed by atoms with Gasteiger partial charge in [0.05, 0.1) is 24.6 Å². The summed E-state index contributed by atoms with van der Waals surface area (Å²) in [4.78, 5) is 14.9. The zero-order valence-electron chi connectivity index (χ0n) is 15.4. The number of rotatable bonds is 8. The van der Waals surface area contributed by atoms with Crippen molar-refractivity contribution in [3.8, 4) is 5.75 Å². The van der Waals surface area contributed by atoms with Gasteiger partial charge >= 0.3 is 5.69 Å². The van der Waals surface area contributed by atoms with Crippen LogP contribution in [-0.4, -0.2) is 32.6 Å². The maximum absolute atomic E-state index is 12.1. The third-order valence-corrected chi connectivity index (χ3v) is 5.30. The lowest BCUT2D eigenvalue weighted by Crippen LogP contribution is -2.17. The number of para-hydroxylation sites is 2. The lowest BCUT2D eigenvalue weighted by molar-refractivity contribution is 0.413. The number of imidazole rings is 1. The molecule has 0 amide bonds. The monoisotopic (exact) mass is 396 g/mol. The Morgan fingerprint density at radius 1 is 1.14 bits per heavy atom. The summed E-state index contributed by atoms with van der Waals surface area (Å²) < 4.78 is 12.6. The second-order valence-electron chi connectivity index (χ2n) is 6.29. The number of aryl methyl sites for hydroxylation is 1. The van der Waals surface area contributed by atoms with Gasteiger partial charge in [-0.3, -0.25) is 4.57 Å². The maximum Gasteiger partial charge on any atom is 0.326 e. The third kappa shape index (κ3) is 4.12. The Morgan fingerprint density at radius 2 is 1.96 bits per heavy atom. The molecule has 0 aliphatic rings. The lowest BCUT2D eigenvalue weighted by atomic mass is 10.1. The van der Waals surface area contributed by atoms with Crippen molar-refractivity contribution in [3.63, 3.8) is 0 Å². The largest absolute Gasteiger partial charge is 0.497 e. The molecule has 0 bridgehead atoms. The molecule has 0 spiro atoms. The van der Waals surface area contributed by atoms with E-state index in [1.54, 1.807) is 11.7 Å². The summed E-state index contributed by atoms with van der Waals surface area (Å²) in [6, 6.07) is 15.5. The van der Waals surface area contributed by atoms with Crippen molar-refractivity contribution in [1.82, 2.24) is 19.7 Å². The molecule has 0 aliphatic heterocycles. The molecule has 8 heteroatoms. The van der Waals surface area contributed by atoms with Crippen LogP contribution in [-0.2, 0) is 13.0 Å². The van der Waals surface area contributed by atoms with Gasteiger partial charge in [0.2, 0.25) is 5.89 Å². The van der Waals surface area contributed by atoms with Crippen molar-refractivity contribution in [1.29, 1.82) is 0 Å². The summed E-state index contributed by atoms with van der Waals surface area (Å²) >= 11 is 1.51. The molecule has 144 valence electrons. The SMILES string of the molecule is COc1ccc(Cc2nnc(SCCCn3c(=O)[nH]c4ccccc43)o2)cc1. The molecular weight excluding hydrogens is 376 g/mol. The standard InChI is InChI=1S/C20H20N4O3S/c1-26-15-9-7-14(8-10-15)13-18-22-23-20(27-18)28-12-4-11-24-17-6-3-2-5-16(17)21-19(24)25/h2-3,5-10H,4,11-13H2,1H3,(H,21,25). The van der Waals surface area contributed by atoms with Gasteiger partial charge < -0.3 is 14.1 Å². The van der Waals surface area contributed by atoms with Crippen LogP contribution in [0.4, 0.5) is 0 Å². The minimum absolute atomic E-state index is 0.0780. The number of aromatic amines is 1. The molecule has 0 aliphatic carbocycles. The average molecular weight is 396 g/mol. The number of benzene rings is 2. The molecule has 0 radical (unpaired) electrons. The highest BCUT2D eigenvalue weighted by atomic mass is 32.2. The lowest BCUT2D eigenvalue weighted by Gasteiger charge is -2.02. The summed E-state index contributed by atoms with van der Waals surface area (Å²) in [7, 11) is 1.64. The molecule has 2 aromatic heterocycles. The molecule has 0 fully saturated rings. The molecule has 0 saturated carbocycles. The van der Waals surface area contributed by atoms with E-state index in [2.05, 4.69) is 15.2 Å². The average Bonchev–Trinajstić information content (AvgIpc) is 3.29. The molecular formula is C20H20N4O3S. The molecule has 7 nitrogen and oxygen atoms in total. The molecule has 4 aromatic rings. The van der Waals surface area contributed by atoms with E-state index in [1.165, 1.54) is 11.8 Å². The maximum atomic E-state index is 12.1. The summed E-state index contributed by atoms with van der Waals surface area (Å²) in [5.41, 5.74) is 2.79. The van der Waals surface area contributed by atoms with Gasteiger partial charge in [0.25, 0.3) is 5.22 Å². The molecule has 1 N–H and O–H groups in total. The van der Waals surface area contributed by atoms with Gasteiger partial charge in [0.15, 0.2) is 0 Å². The Bertz CT molecular complexity index is 1110. The van der Waals surface area contributed by atoms with Gasteiger partial charge in [-0.25, -0.2) is 4.79 Å². The van der Waals surface area contributed by atoms with Crippen LogP contribution in [0.1, 0.15) is 17.9 Å². The number of H-pyrrole nitrogens is 1. The Kier molecular flexibility index (Phi) is 5.48. The molecule has 0 atom stereocenters. The second kappa shape index (κ2) is 8.35. The van der Waals surface area contributed by atoms with Gasteiger partial charge in [0, 0.05) is 12.3 Å². The van der Waals surface area contributed by atoms with Crippen molar-refractivity contribution in [2.24, 2.45) is 0 Å². The minimum atomic E-state index is -0.0780. The smallest absolute Gasteiger partial charge is 0.326 e. The Hall–Kier alpha value is -3.00. The molecule has 0 saturated heterocycles. The summed E-state index contributed by atoms with van der Waals surface area (Å²) in [5.74, 6) is 2.19. The van der Waals surface area contributed by atoms with Crippen LogP contribution in [0.3, 0.4) is 0 Å². The summed E-state index contributed by atoms with van der Waals surface area (Å²) in [5, 5.41) is 8.75. The predicted octanol–water partition coefficient (Wildman–Crippen LogP) is 3.49. The number of thioether (sulfide) groups is 1. The number of hydrogen-bond acceptors (Lipinski definition) is 6. The van der Waals surface area contributed by atoms with Crippen LogP contribution >= 0.6 is 11.8 Å². The van der Waals surface area contributed by atoms with E-state index >= 15 is 0 Å². The van der Waals surface area contributed by atoms with Gasteiger partial charge in [-0.15, -0.1) is 10.2 Å². The fourth-order valence-corrected chi connectivity index (χ4v) is 3.70. The van der Waals surface area contributed by atoms with Gasteiger partial charge in [0.1, 0.15) is 5.75 Å². The van der Waals surface area contributed by atoms with E-state index in [4.69, 9.17) is 9.15 Å². The molecule has 28 heavy (non-hydrogen) atoms. The van der Waals surface area contributed by atoms with E-state index in [9.17, 15) is 4.79 Å². The van der Waals surface area contributed by atoms with Crippen LogP contribution in [0, 0.1) is 0 Å². The van der Waals surface area contributed by atoms with Crippen LogP contribution < -0.4 is 10.4 Å². The Labute approximate surface area is 165 Å². The number of nitrogens with zero attached hydrogens (tertiary/aromatic N) is 3. The number of hydrogen-bond donors (Lipinski definition) is 1. The predicted molar refractivity (Wildman–Crippen MR) is 108 cm³/mol. The first-order valence-electron chi connectivity index (χ1n) is 8.98. The summed E-state index contributed by atoms with van der Waals surface area (Å²) in [6.45, 7) is 0.642. The van der Waals surface area contributed by atoms with E-state index in [-0.39, 0.29) is 5.69 Å². The molecule has 4 rings (SSSR count). The number of methoxy groups -OCH3 is 1. The van der Waals surface area contributed by atoms with E-state index < -0.39 is 0 Å². The zero-order valence-corrected chi connectivity index (χ0v) is 16.2. The zero-order chi connectivity index (χ0) is 19.3. The van der Waals surface area contributed by atoms with Crippen molar-refractivity contribution >= 4 is 22.8 Å². The van der Waals surface area contributed by atoms with Crippen molar-refractivity contribution in [2.45, 2.75) is 24.6 Å². The molecule has 2 heterocycles. The third-order valence-electron chi connectivity index (χ3n) is 4.40. The van der Waals surface area contributed by atoms with Crippen molar-refractivity contribution in [2.75, 3.05) is 12.9 Å². The van der Waals surface area contributed by atoms with Crippen molar-refractivity contribution < 1.29 is 9.15 Å². The molecule has 0 unspecified atom stereocenters. The highest BCUT2D eigenvalue weighted by molar-refractivity contribution is 7.99. The van der Waals surface area contributed by atoms with E-state index in [0.717, 1.165) is 34.5 Å². The second-order valence-corrected chi connectivity index (χ2v) is 7.33. The fourth-order valence-electron chi connectivity index (χ4n) is 3.00. The first-order chi connectivity index (χ1) is 13.7. The van der Waals surface area contributed by atoms with Gasteiger partial charge in [-0.05, 0) is 36.2 Å². The number of ether oxygens (including phenoxy) is 1. The van der Waals surface area contributed by atoms with Crippen molar-refractivity contribution in [3.05, 3.63) is 70.5 Å². The van der Waals surface area contributed by atoms with Crippen LogP contribution in [0.15, 0.2) is 63.0 Å². The van der Waals surface area contributed by atoms with Gasteiger partial charge in [-0.2, -0.15) is 0 Å². The van der Waals surface area contributed by atoms with Crippen LogP contribution in [0.25, 0.3) is 11.0 Å². The van der Waals surface area contributed by atoms with Gasteiger partial charge in [-0.1, -0.05) is 36.0 Å². The highest BCUT2D eigenvalue weighted by Crippen LogP contribution is 2.20.